The van der Waals surface area contributed by atoms with Crippen LogP contribution in [0.25, 0.3) is 0 Å². The summed E-state index contributed by atoms with van der Waals surface area (Å²) >= 11 is 0. The first kappa shape index (κ1) is 9.30. The van der Waals surface area contributed by atoms with Gasteiger partial charge in [-0.1, -0.05) is 39.3 Å². The lowest BCUT2D eigenvalue weighted by molar-refractivity contribution is 0.0235. The molecule has 2 atom stereocenters. The Labute approximate surface area is 82.4 Å². The van der Waals surface area contributed by atoms with Crippen LogP contribution in [-0.4, -0.2) is 0 Å². The molecule has 0 aliphatic heterocycles. The van der Waals surface area contributed by atoms with Crippen molar-refractivity contribution in [3.05, 3.63) is 12.2 Å². The lowest BCUT2D eigenvalue weighted by Crippen LogP contribution is -2.42. The van der Waals surface area contributed by atoms with Crippen molar-refractivity contribution in [1.82, 2.24) is 0 Å². The third kappa shape index (κ3) is 1.45. The Bertz CT molecular complexity index is 224. The molecule has 0 heteroatoms. The van der Waals surface area contributed by atoms with Gasteiger partial charge in [-0.15, -0.1) is 0 Å². The lowest BCUT2D eigenvalue weighted by atomic mass is 9.54. The fraction of sp³-hybridized carbons (Fsp3) is 0.846. The van der Waals surface area contributed by atoms with Crippen LogP contribution in [0.1, 0.15) is 52.9 Å². The first-order valence-corrected chi connectivity index (χ1v) is 5.72. The van der Waals surface area contributed by atoms with E-state index in [0.29, 0.717) is 10.8 Å². The van der Waals surface area contributed by atoms with Gasteiger partial charge in [-0.2, -0.15) is 0 Å². The number of rotatable bonds is 0. The smallest absolute Gasteiger partial charge is 0.0113 e. The van der Waals surface area contributed by atoms with E-state index >= 15 is 0 Å². The summed E-state index contributed by atoms with van der Waals surface area (Å²) in [7, 11) is 0. The molecule has 13 heavy (non-hydrogen) atoms. The Kier molecular flexibility index (Phi) is 2.05. The van der Waals surface area contributed by atoms with Gasteiger partial charge in [0.2, 0.25) is 0 Å². The van der Waals surface area contributed by atoms with Gasteiger partial charge in [0, 0.05) is 0 Å². The summed E-state index contributed by atoms with van der Waals surface area (Å²) in [5.74, 6) is 0.929. The lowest BCUT2D eigenvalue weighted by Gasteiger charge is -2.51. The van der Waals surface area contributed by atoms with E-state index in [0.717, 1.165) is 5.92 Å². The van der Waals surface area contributed by atoms with Crippen LogP contribution < -0.4 is 0 Å². The highest BCUT2D eigenvalue weighted by Crippen LogP contribution is 2.55. The summed E-state index contributed by atoms with van der Waals surface area (Å²) in [6, 6.07) is 0. The van der Waals surface area contributed by atoms with Crippen LogP contribution >= 0.6 is 0 Å². The van der Waals surface area contributed by atoms with Crippen LogP contribution in [0.15, 0.2) is 12.2 Å². The van der Waals surface area contributed by atoms with E-state index in [2.05, 4.69) is 32.9 Å². The molecule has 0 radical (unpaired) electrons. The van der Waals surface area contributed by atoms with Gasteiger partial charge in [0.05, 0.1) is 0 Å². The molecule has 74 valence electrons. The van der Waals surface area contributed by atoms with Gasteiger partial charge in [-0.25, -0.2) is 0 Å². The molecular formula is C13H22. The topological polar surface area (TPSA) is 0 Å². The SMILES string of the molecule is CC1(C)CCC[C@]2(C)C=CCC[C@@H]12. The summed E-state index contributed by atoms with van der Waals surface area (Å²) in [5.41, 5.74) is 1.11. The van der Waals surface area contributed by atoms with Crippen LogP contribution in [0, 0.1) is 16.7 Å². The molecule has 0 unspecified atom stereocenters. The third-order valence-corrected chi connectivity index (χ3v) is 4.40. The van der Waals surface area contributed by atoms with E-state index in [9.17, 15) is 0 Å². The Balaban J connectivity index is 2.30. The highest BCUT2D eigenvalue weighted by molar-refractivity contribution is 5.10. The van der Waals surface area contributed by atoms with Crippen molar-refractivity contribution in [1.29, 1.82) is 0 Å². The zero-order chi connectivity index (χ0) is 9.53. The second-order valence-corrected chi connectivity index (χ2v) is 5.88. The summed E-state index contributed by atoms with van der Waals surface area (Å²) in [5, 5.41) is 0. The van der Waals surface area contributed by atoms with Gasteiger partial charge in [0.15, 0.2) is 0 Å². The van der Waals surface area contributed by atoms with E-state index in [1.807, 2.05) is 0 Å². The van der Waals surface area contributed by atoms with Crippen LogP contribution in [-0.2, 0) is 0 Å². The van der Waals surface area contributed by atoms with Gasteiger partial charge in [0.1, 0.15) is 0 Å². The normalized spacial score (nSPS) is 42.8. The number of hydrogen-bond acceptors (Lipinski definition) is 0. The number of hydrogen-bond donors (Lipinski definition) is 0. The van der Waals surface area contributed by atoms with Crippen molar-refractivity contribution in [2.24, 2.45) is 16.7 Å². The average Bonchev–Trinajstić information content (AvgIpc) is 2.02. The van der Waals surface area contributed by atoms with Gasteiger partial charge >= 0.3 is 0 Å². The van der Waals surface area contributed by atoms with Crippen molar-refractivity contribution >= 4 is 0 Å². The molecule has 0 saturated heterocycles. The monoisotopic (exact) mass is 178 g/mol. The van der Waals surface area contributed by atoms with E-state index in [4.69, 9.17) is 0 Å². The zero-order valence-electron chi connectivity index (χ0n) is 9.27. The minimum absolute atomic E-state index is 0.528. The van der Waals surface area contributed by atoms with Gasteiger partial charge in [-0.05, 0) is 42.4 Å². The highest BCUT2D eigenvalue weighted by atomic mass is 14.5. The maximum Gasteiger partial charge on any atom is -0.0113 e. The summed E-state index contributed by atoms with van der Waals surface area (Å²) in [4.78, 5) is 0. The molecule has 1 fully saturated rings. The maximum absolute atomic E-state index is 2.50. The predicted molar refractivity (Wildman–Crippen MR) is 57.6 cm³/mol. The Morgan fingerprint density at radius 2 is 1.92 bits per heavy atom. The predicted octanol–water partition coefficient (Wildman–Crippen LogP) is 4.17. The fourth-order valence-corrected chi connectivity index (χ4v) is 3.70. The van der Waals surface area contributed by atoms with E-state index < -0.39 is 0 Å². The summed E-state index contributed by atoms with van der Waals surface area (Å²) in [6.07, 6.45) is 11.9. The van der Waals surface area contributed by atoms with Crippen molar-refractivity contribution < 1.29 is 0 Å². The van der Waals surface area contributed by atoms with Gasteiger partial charge in [0.25, 0.3) is 0 Å². The second kappa shape index (κ2) is 2.87. The highest BCUT2D eigenvalue weighted by Gasteiger charge is 2.45. The molecule has 0 bridgehead atoms. The van der Waals surface area contributed by atoms with Crippen LogP contribution in [0.5, 0.6) is 0 Å². The summed E-state index contributed by atoms with van der Waals surface area (Å²) < 4.78 is 0. The second-order valence-electron chi connectivity index (χ2n) is 5.88. The average molecular weight is 178 g/mol. The Morgan fingerprint density at radius 3 is 2.62 bits per heavy atom. The third-order valence-electron chi connectivity index (χ3n) is 4.40. The first-order chi connectivity index (χ1) is 6.05. The molecular weight excluding hydrogens is 156 g/mol. The molecule has 0 amide bonds. The van der Waals surface area contributed by atoms with Crippen LogP contribution in [0.4, 0.5) is 0 Å². The molecule has 0 aromatic rings. The number of fused-ring (bicyclic) bond motifs is 1. The molecule has 1 saturated carbocycles. The maximum atomic E-state index is 2.50. The van der Waals surface area contributed by atoms with Crippen molar-refractivity contribution in [3.8, 4) is 0 Å². The molecule has 0 aromatic carbocycles. The van der Waals surface area contributed by atoms with E-state index in [-0.39, 0.29) is 0 Å². The Morgan fingerprint density at radius 1 is 1.15 bits per heavy atom. The van der Waals surface area contributed by atoms with Gasteiger partial charge < -0.3 is 0 Å². The van der Waals surface area contributed by atoms with Crippen molar-refractivity contribution in [3.63, 3.8) is 0 Å². The summed E-state index contributed by atoms with van der Waals surface area (Å²) in [6.45, 7) is 7.40. The quantitative estimate of drug-likeness (QED) is 0.488. The zero-order valence-corrected chi connectivity index (χ0v) is 9.27. The largest absolute Gasteiger partial charge is 0.0880 e. The standard InChI is InChI=1S/C13H22/c1-12(2)8-6-10-13(3)9-5-4-7-11(12)13/h5,9,11H,4,6-8,10H2,1-3H3/t11-,13-/m0/s1. The molecule has 2 rings (SSSR count). The number of allylic oxidation sites excluding steroid dienone is 2. The minimum atomic E-state index is 0.528. The van der Waals surface area contributed by atoms with Gasteiger partial charge in [-0.3, -0.25) is 0 Å². The van der Waals surface area contributed by atoms with Crippen molar-refractivity contribution in [2.75, 3.05) is 0 Å². The molecule has 2 aliphatic rings. The molecule has 0 heterocycles. The fourth-order valence-electron chi connectivity index (χ4n) is 3.70. The van der Waals surface area contributed by atoms with Crippen molar-refractivity contribution in [2.45, 2.75) is 52.9 Å². The molecule has 2 aliphatic carbocycles. The minimum Gasteiger partial charge on any atom is -0.0880 e. The van der Waals surface area contributed by atoms with Crippen LogP contribution in [0.3, 0.4) is 0 Å². The molecule has 0 N–H and O–H groups in total. The van der Waals surface area contributed by atoms with Crippen LogP contribution in [0.2, 0.25) is 0 Å². The van der Waals surface area contributed by atoms with E-state index in [1.54, 1.807) is 0 Å². The first-order valence-electron chi connectivity index (χ1n) is 5.72. The van der Waals surface area contributed by atoms with E-state index in [1.165, 1.54) is 32.1 Å². The molecule has 0 aromatic heterocycles. The Hall–Kier alpha value is -0.260. The molecule has 0 nitrogen and oxygen atoms in total. The molecule has 0 spiro atoms.